The molecule has 0 radical (unpaired) electrons. The molecule has 1 N–H and O–H groups in total. The molecule has 4 nitrogen and oxygen atoms in total. The van der Waals surface area contributed by atoms with Gasteiger partial charge < -0.3 is 4.57 Å². The summed E-state index contributed by atoms with van der Waals surface area (Å²) in [7, 11) is 1.86. The number of hydrogen-bond acceptors (Lipinski definition) is 3. The van der Waals surface area contributed by atoms with Crippen LogP contribution in [0.3, 0.4) is 0 Å². The predicted octanol–water partition coefficient (Wildman–Crippen LogP) is 3.61. The van der Waals surface area contributed by atoms with Crippen LogP contribution in [0.4, 0.5) is 5.69 Å². The van der Waals surface area contributed by atoms with E-state index < -0.39 is 0 Å². The molecular weight excluding hydrogens is 272 g/mol. The average molecular weight is 287 g/mol. The van der Waals surface area contributed by atoms with E-state index in [1.165, 1.54) is 0 Å². The van der Waals surface area contributed by atoms with E-state index in [0.29, 0.717) is 10.7 Å². The maximum atomic E-state index is 8.97. The second-order valence-corrected chi connectivity index (χ2v) is 4.98. The van der Waals surface area contributed by atoms with E-state index >= 15 is 0 Å². The summed E-state index contributed by atoms with van der Waals surface area (Å²) < 4.78 is 1.84. The van der Waals surface area contributed by atoms with Gasteiger partial charge >= 0.3 is 0 Å². The van der Waals surface area contributed by atoms with E-state index in [1.54, 1.807) is 6.21 Å². The molecule has 20 heavy (non-hydrogen) atoms. The second-order valence-electron chi connectivity index (χ2n) is 4.58. The molecule has 0 aliphatic carbocycles. The molecule has 0 aliphatic heterocycles. The minimum atomic E-state index is 0.613. The van der Waals surface area contributed by atoms with Gasteiger partial charge in [-0.25, -0.2) is 0 Å². The van der Waals surface area contributed by atoms with Crippen LogP contribution in [0.1, 0.15) is 22.5 Å². The normalized spacial score (nSPS) is 10.8. The number of halogens is 1. The third-order valence-electron chi connectivity index (χ3n) is 3.26. The van der Waals surface area contributed by atoms with Gasteiger partial charge in [-0.2, -0.15) is 10.4 Å². The number of nitrogens with zero attached hydrogens (tertiary/aromatic N) is 3. The molecule has 2 aromatic rings. The van der Waals surface area contributed by atoms with Crippen LogP contribution in [0.15, 0.2) is 29.4 Å². The summed E-state index contributed by atoms with van der Waals surface area (Å²) in [5.41, 5.74) is 7.30. The molecule has 0 spiro atoms. The van der Waals surface area contributed by atoms with Gasteiger partial charge in [0.25, 0.3) is 0 Å². The van der Waals surface area contributed by atoms with Crippen molar-refractivity contribution in [3.8, 4) is 6.07 Å². The molecule has 1 aromatic carbocycles. The summed E-state index contributed by atoms with van der Waals surface area (Å²) >= 11 is 6.05. The lowest BCUT2D eigenvalue weighted by atomic mass is 10.2. The lowest BCUT2D eigenvalue weighted by Crippen LogP contribution is -1.95. The zero-order valence-electron chi connectivity index (χ0n) is 11.6. The maximum Gasteiger partial charge on any atom is 0.120 e. The number of nitriles is 1. The Morgan fingerprint density at radius 2 is 2.10 bits per heavy atom. The SMILES string of the molecule is Cc1ccc(N/N=C\c2cc(C#N)n(C)c2C)cc1Cl. The molecule has 0 saturated carbocycles. The van der Waals surface area contributed by atoms with Crippen LogP contribution in [0.5, 0.6) is 0 Å². The third kappa shape index (κ3) is 2.84. The molecule has 0 unspecified atom stereocenters. The van der Waals surface area contributed by atoms with Crippen molar-refractivity contribution < 1.29 is 0 Å². The Morgan fingerprint density at radius 1 is 1.35 bits per heavy atom. The molecule has 0 amide bonds. The maximum absolute atomic E-state index is 8.97. The van der Waals surface area contributed by atoms with E-state index in [4.69, 9.17) is 16.9 Å². The standard InChI is InChI=1S/C15H15ClN4/c1-10-4-5-13(7-15(10)16)19-18-9-12-6-14(8-17)20(3)11(12)2/h4-7,9,19H,1-3H3/b18-9-. The number of hydrogen-bond donors (Lipinski definition) is 1. The van der Waals surface area contributed by atoms with E-state index in [0.717, 1.165) is 22.5 Å². The summed E-state index contributed by atoms with van der Waals surface area (Å²) in [4.78, 5) is 0. The van der Waals surface area contributed by atoms with Gasteiger partial charge in [0, 0.05) is 23.3 Å². The van der Waals surface area contributed by atoms with Gasteiger partial charge in [0.2, 0.25) is 0 Å². The smallest absolute Gasteiger partial charge is 0.120 e. The monoisotopic (exact) mass is 286 g/mol. The van der Waals surface area contributed by atoms with Gasteiger partial charge in [-0.1, -0.05) is 17.7 Å². The largest absolute Gasteiger partial charge is 0.339 e. The lowest BCUT2D eigenvalue weighted by molar-refractivity contribution is 0.865. The summed E-state index contributed by atoms with van der Waals surface area (Å²) in [6.45, 7) is 3.90. The Bertz CT molecular complexity index is 707. The highest BCUT2D eigenvalue weighted by molar-refractivity contribution is 6.31. The van der Waals surface area contributed by atoms with E-state index in [1.807, 2.05) is 49.7 Å². The first-order valence-corrected chi connectivity index (χ1v) is 6.52. The fourth-order valence-electron chi connectivity index (χ4n) is 1.80. The molecular formula is C15H15ClN4. The number of nitrogens with one attached hydrogen (secondary N) is 1. The number of aryl methyl sites for hydroxylation is 1. The first-order chi connectivity index (χ1) is 9.52. The molecule has 102 valence electrons. The van der Waals surface area contributed by atoms with Crippen molar-refractivity contribution in [1.29, 1.82) is 5.26 Å². The predicted molar refractivity (Wildman–Crippen MR) is 82.3 cm³/mol. The Kier molecular flexibility index (Phi) is 4.11. The molecule has 0 saturated heterocycles. The van der Waals surface area contributed by atoms with E-state index in [2.05, 4.69) is 16.6 Å². The zero-order valence-corrected chi connectivity index (χ0v) is 12.4. The van der Waals surface area contributed by atoms with Crippen molar-refractivity contribution in [1.82, 2.24) is 4.57 Å². The number of rotatable bonds is 3. The van der Waals surface area contributed by atoms with Crippen molar-refractivity contribution in [2.45, 2.75) is 13.8 Å². The summed E-state index contributed by atoms with van der Waals surface area (Å²) in [5.74, 6) is 0. The van der Waals surface area contributed by atoms with Crippen molar-refractivity contribution in [2.24, 2.45) is 12.1 Å². The molecule has 0 fully saturated rings. The Balaban J connectivity index is 2.14. The van der Waals surface area contributed by atoms with Gasteiger partial charge in [-0.05, 0) is 37.6 Å². The molecule has 0 bridgehead atoms. The van der Waals surface area contributed by atoms with Gasteiger partial charge in [0.05, 0.1) is 11.9 Å². The zero-order chi connectivity index (χ0) is 14.7. The number of benzene rings is 1. The van der Waals surface area contributed by atoms with Gasteiger partial charge in [0.1, 0.15) is 11.8 Å². The first kappa shape index (κ1) is 14.2. The van der Waals surface area contributed by atoms with Gasteiger partial charge in [-0.15, -0.1) is 0 Å². The van der Waals surface area contributed by atoms with Crippen molar-refractivity contribution in [2.75, 3.05) is 5.43 Å². The highest BCUT2D eigenvalue weighted by Gasteiger charge is 2.06. The Morgan fingerprint density at radius 3 is 2.70 bits per heavy atom. The van der Waals surface area contributed by atoms with Crippen molar-refractivity contribution in [3.05, 3.63) is 51.8 Å². The average Bonchev–Trinajstić information content (AvgIpc) is 2.70. The van der Waals surface area contributed by atoms with E-state index in [9.17, 15) is 0 Å². The molecule has 1 heterocycles. The van der Waals surface area contributed by atoms with Crippen LogP contribution < -0.4 is 5.43 Å². The van der Waals surface area contributed by atoms with Crippen LogP contribution in [0.25, 0.3) is 0 Å². The Labute approximate surface area is 123 Å². The van der Waals surface area contributed by atoms with Gasteiger partial charge in [-0.3, -0.25) is 5.43 Å². The van der Waals surface area contributed by atoms with Crippen LogP contribution in [-0.2, 0) is 7.05 Å². The fourth-order valence-corrected chi connectivity index (χ4v) is 1.98. The fraction of sp³-hybridized carbons (Fsp3) is 0.200. The van der Waals surface area contributed by atoms with Crippen LogP contribution in [-0.4, -0.2) is 10.8 Å². The second kappa shape index (κ2) is 5.81. The van der Waals surface area contributed by atoms with E-state index in [-0.39, 0.29) is 0 Å². The Hall–Kier alpha value is -2.25. The molecule has 2 rings (SSSR count). The van der Waals surface area contributed by atoms with Crippen molar-refractivity contribution in [3.63, 3.8) is 0 Å². The quantitative estimate of drug-likeness (QED) is 0.692. The minimum absolute atomic E-state index is 0.613. The summed E-state index contributed by atoms with van der Waals surface area (Å²) in [6, 6.07) is 9.62. The van der Waals surface area contributed by atoms with Crippen LogP contribution >= 0.6 is 11.6 Å². The summed E-state index contributed by atoms with van der Waals surface area (Å²) in [5, 5.41) is 13.8. The third-order valence-corrected chi connectivity index (χ3v) is 3.67. The highest BCUT2D eigenvalue weighted by atomic mass is 35.5. The molecule has 0 aliphatic rings. The lowest BCUT2D eigenvalue weighted by Gasteiger charge is -2.02. The topological polar surface area (TPSA) is 53.1 Å². The van der Waals surface area contributed by atoms with Gasteiger partial charge in [0.15, 0.2) is 0 Å². The molecule has 0 atom stereocenters. The summed E-state index contributed by atoms with van der Waals surface area (Å²) in [6.07, 6.45) is 1.70. The van der Waals surface area contributed by atoms with Crippen LogP contribution in [0, 0.1) is 25.2 Å². The molecule has 1 aromatic heterocycles. The number of aromatic nitrogens is 1. The minimum Gasteiger partial charge on any atom is -0.339 e. The first-order valence-electron chi connectivity index (χ1n) is 6.14. The number of hydrazone groups is 1. The molecule has 5 heteroatoms. The number of anilines is 1. The van der Waals surface area contributed by atoms with Crippen LogP contribution in [0.2, 0.25) is 5.02 Å². The van der Waals surface area contributed by atoms with Crippen molar-refractivity contribution >= 4 is 23.5 Å². The highest BCUT2D eigenvalue weighted by Crippen LogP contribution is 2.20.